The standard InChI is InChI=1S/C12H17NOS/c1-15-9-4-5-10(11(14)8-9)12(13)6-2-3-7-12/h4-5,8,14H,2-3,6-7,13H2,1H3. The lowest BCUT2D eigenvalue weighted by Gasteiger charge is -2.25. The first-order valence-electron chi connectivity index (χ1n) is 5.32. The number of rotatable bonds is 2. The maximum Gasteiger partial charge on any atom is 0.121 e. The molecule has 3 heteroatoms. The molecule has 0 amide bonds. The first-order valence-corrected chi connectivity index (χ1v) is 6.54. The molecule has 2 nitrogen and oxygen atoms in total. The van der Waals surface area contributed by atoms with Crippen LogP contribution in [0.2, 0.25) is 0 Å². The molecule has 1 saturated carbocycles. The predicted molar refractivity (Wildman–Crippen MR) is 64.2 cm³/mol. The van der Waals surface area contributed by atoms with Gasteiger partial charge in [0.05, 0.1) is 0 Å². The van der Waals surface area contributed by atoms with Crippen molar-refractivity contribution in [3.05, 3.63) is 23.8 Å². The SMILES string of the molecule is CSc1ccc(C2(N)CCCC2)c(O)c1. The van der Waals surface area contributed by atoms with Crippen LogP contribution < -0.4 is 5.73 Å². The summed E-state index contributed by atoms with van der Waals surface area (Å²) in [5.74, 6) is 0.353. The lowest BCUT2D eigenvalue weighted by molar-refractivity contribution is 0.408. The maximum absolute atomic E-state index is 9.95. The molecule has 2 rings (SSSR count). The summed E-state index contributed by atoms with van der Waals surface area (Å²) in [4.78, 5) is 1.08. The van der Waals surface area contributed by atoms with E-state index in [1.807, 2.05) is 24.5 Å². The predicted octanol–water partition coefficient (Wildman–Crippen LogP) is 2.84. The molecule has 0 bridgehead atoms. The molecule has 1 fully saturated rings. The van der Waals surface area contributed by atoms with E-state index in [1.165, 1.54) is 12.8 Å². The number of thioether (sulfide) groups is 1. The molecule has 0 aromatic heterocycles. The molecule has 1 aliphatic rings. The highest BCUT2D eigenvalue weighted by Crippen LogP contribution is 2.41. The second-order valence-corrected chi connectivity index (χ2v) is 5.13. The zero-order valence-electron chi connectivity index (χ0n) is 8.99. The van der Waals surface area contributed by atoms with Gasteiger partial charge in [0.2, 0.25) is 0 Å². The van der Waals surface area contributed by atoms with E-state index in [9.17, 15) is 5.11 Å². The molecule has 0 saturated heterocycles. The Kier molecular flexibility index (Phi) is 2.94. The number of phenolic OH excluding ortho intramolecular Hbond substituents is 1. The van der Waals surface area contributed by atoms with Crippen LogP contribution in [-0.2, 0) is 5.54 Å². The Morgan fingerprint density at radius 3 is 2.53 bits per heavy atom. The molecule has 15 heavy (non-hydrogen) atoms. The summed E-state index contributed by atoms with van der Waals surface area (Å²) in [5.41, 5.74) is 6.93. The van der Waals surface area contributed by atoms with Crippen molar-refractivity contribution >= 4 is 11.8 Å². The quantitative estimate of drug-likeness (QED) is 0.758. The molecule has 0 spiro atoms. The third-order valence-electron chi connectivity index (χ3n) is 3.24. The van der Waals surface area contributed by atoms with Gasteiger partial charge in [0.15, 0.2) is 0 Å². The van der Waals surface area contributed by atoms with Crippen molar-refractivity contribution in [2.24, 2.45) is 5.73 Å². The first-order chi connectivity index (χ1) is 7.15. The van der Waals surface area contributed by atoms with Crippen LogP contribution in [0.25, 0.3) is 0 Å². The van der Waals surface area contributed by atoms with Gasteiger partial charge >= 0.3 is 0 Å². The van der Waals surface area contributed by atoms with Gasteiger partial charge < -0.3 is 10.8 Å². The summed E-state index contributed by atoms with van der Waals surface area (Å²) in [6.07, 6.45) is 6.31. The molecule has 3 N–H and O–H groups in total. The lowest BCUT2D eigenvalue weighted by atomic mass is 9.89. The second kappa shape index (κ2) is 4.06. The highest BCUT2D eigenvalue weighted by atomic mass is 32.2. The average Bonchev–Trinajstić information content (AvgIpc) is 2.65. The van der Waals surface area contributed by atoms with Crippen molar-refractivity contribution in [1.82, 2.24) is 0 Å². The molecule has 1 aliphatic carbocycles. The Hall–Kier alpha value is -0.670. The van der Waals surface area contributed by atoms with Gasteiger partial charge in [-0.3, -0.25) is 0 Å². The van der Waals surface area contributed by atoms with Crippen LogP contribution in [0.4, 0.5) is 0 Å². The van der Waals surface area contributed by atoms with E-state index < -0.39 is 0 Å². The van der Waals surface area contributed by atoms with E-state index in [2.05, 4.69) is 0 Å². The lowest BCUT2D eigenvalue weighted by Crippen LogP contribution is -2.33. The Balaban J connectivity index is 2.36. The third-order valence-corrected chi connectivity index (χ3v) is 3.96. The number of nitrogens with two attached hydrogens (primary N) is 1. The van der Waals surface area contributed by atoms with Gasteiger partial charge in [-0.05, 0) is 31.2 Å². The Morgan fingerprint density at radius 1 is 1.33 bits per heavy atom. The number of benzene rings is 1. The van der Waals surface area contributed by atoms with Gasteiger partial charge in [-0.15, -0.1) is 11.8 Å². The van der Waals surface area contributed by atoms with Crippen molar-refractivity contribution in [3.63, 3.8) is 0 Å². The summed E-state index contributed by atoms with van der Waals surface area (Å²) in [7, 11) is 0. The molecule has 0 unspecified atom stereocenters. The summed E-state index contributed by atoms with van der Waals surface area (Å²) < 4.78 is 0. The average molecular weight is 223 g/mol. The smallest absolute Gasteiger partial charge is 0.121 e. The minimum absolute atomic E-state index is 0.291. The van der Waals surface area contributed by atoms with E-state index >= 15 is 0 Å². The number of hydrogen-bond donors (Lipinski definition) is 2. The molecule has 0 atom stereocenters. The molecule has 0 heterocycles. The van der Waals surface area contributed by atoms with Crippen molar-refractivity contribution in [2.45, 2.75) is 36.1 Å². The number of phenols is 1. The minimum Gasteiger partial charge on any atom is -0.508 e. The molecule has 0 aliphatic heterocycles. The fraction of sp³-hybridized carbons (Fsp3) is 0.500. The first kappa shape index (κ1) is 10.8. The third kappa shape index (κ3) is 1.99. The summed E-state index contributed by atoms with van der Waals surface area (Å²) in [6.45, 7) is 0. The van der Waals surface area contributed by atoms with Crippen LogP contribution in [0.1, 0.15) is 31.2 Å². The fourth-order valence-corrected chi connectivity index (χ4v) is 2.77. The summed E-state index contributed by atoms with van der Waals surface area (Å²) >= 11 is 1.63. The van der Waals surface area contributed by atoms with E-state index in [-0.39, 0.29) is 5.54 Å². The van der Waals surface area contributed by atoms with E-state index in [4.69, 9.17) is 5.73 Å². The zero-order chi connectivity index (χ0) is 10.9. The zero-order valence-corrected chi connectivity index (χ0v) is 9.81. The van der Waals surface area contributed by atoms with Crippen LogP contribution >= 0.6 is 11.8 Å². The van der Waals surface area contributed by atoms with Gasteiger partial charge in [0, 0.05) is 16.0 Å². The summed E-state index contributed by atoms with van der Waals surface area (Å²) in [5, 5.41) is 9.95. The fourth-order valence-electron chi connectivity index (χ4n) is 2.33. The minimum atomic E-state index is -0.291. The Bertz CT molecular complexity index is 359. The second-order valence-electron chi connectivity index (χ2n) is 4.25. The largest absolute Gasteiger partial charge is 0.508 e. The molecule has 82 valence electrons. The highest BCUT2D eigenvalue weighted by molar-refractivity contribution is 7.98. The van der Waals surface area contributed by atoms with Gasteiger partial charge in [0.1, 0.15) is 5.75 Å². The highest BCUT2D eigenvalue weighted by Gasteiger charge is 2.33. The van der Waals surface area contributed by atoms with Crippen molar-refractivity contribution in [1.29, 1.82) is 0 Å². The van der Waals surface area contributed by atoms with Crippen LogP contribution in [0.5, 0.6) is 5.75 Å². The van der Waals surface area contributed by atoms with Crippen LogP contribution in [-0.4, -0.2) is 11.4 Å². The normalized spacial score (nSPS) is 19.3. The van der Waals surface area contributed by atoms with Crippen LogP contribution in [0.3, 0.4) is 0 Å². The van der Waals surface area contributed by atoms with Crippen molar-refractivity contribution in [2.75, 3.05) is 6.26 Å². The topological polar surface area (TPSA) is 46.2 Å². The van der Waals surface area contributed by atoms with Gasteiger partial charge in [0.25, 0.3) is 0 Å². The van der Waals surface area contributed by atoms with Gasteiger partial charge in [-0.1, -0.05) is 18.9 Å². The summed E-state index contributed by atoms with van der Waals surface area (Å²) in [6, 6.07) is 5.83. The monoisotopic (exact) mass is 223 g/mol. The molecule has 1 aromatic rings. The van der Waals surface area contributed by atoms with Gasteiger partial charge in [-0.25, -0.2) is 0 Å². The van der Waals surface area contributed by atoms with Gasteiger partial charge in [-0.2, -0.15) is 0 Å². The number of aromatic hydroxyl groups is 1. The van der Waals surface area contributed by atoms with Crippen LogP contribution in [0, 0.1) is 0 Å². The van der Waals surface area contributed by atoms with Crippen molar-refractivity contribution < 1.29 is 5.11 Å². The Labute approximate surface area is 94.9 Å². The molecular formula is C12H17NOS. The van der Waals surface area contributed by atoms with E-state index in [1.54, 1.807) is 11.8 Å². The molecule has 0 radical (unpaired) electrons. The maximum atomic E-state index is 9.95. The van der Waals surface area contributed by atoms with E-state index in [0.29, 0.717) is 5.75 Å². The Morgan fingerprint density at radius 2 is 2.00 bits per heavy atom. The molecular weight excluding hydrogens is 206 g/mol. The number of hydrogen-bond acceptors (Lipinski definition) is 3. The van der Waals surface area contributed by atoms with Crippen molar-refractivity contribution in [3.8, 4) is 5.75 Å². The van der Waals surface area contributed by atoms with E-state index in [0.717, 1.165) is 23.3 Å². The molecule has 1 aromatic carbocycles. The van der Waals surface area contributed by atoms with Crippen LogP contribution in [0.15, 0.2) is 23.1 Å².